The summed E-state index contributed by atoms with van der Waals surface area (Å²) in [5, 5.41) is 8.33. The van der Waals surface area contributed by atoms with Crippen molar-refractivity contribution in [1.82, 2.24) is 10.2 Å². The van der Waals surface area contributed by atoms with Gasteiger partial charge in [0.2, 0.25) is 0 Å². The predicted octanol–water partition coefficient (Wildman–Crippen LogP) is 1.28. The van der Waals surface area contributed by atoms with E-state index in [4.69, 9.17) is 14.0 Å². The summed E-state index contributed by atoms with van der Waals surface area (Å²) in [6, 6.07) is 2.04. The second kappa shape index (κ2) is 4.79. The van der Waals surface area contributed by atoms with Crippen molar-refractivity contribution in [3.63, 3.8) is 0 Å². The Balaban J connectivity index is 1.83. The van der Waals surface area contributed by atoms with Crippen molar-refractivity contribution in [2.24, 2.45) is 0 Å². The number of nitrogens with zero attached hydrogens (tertiary/aromatic N) is 2. The Labute approximate surface area is 120 Å². The molecule has 3 rings (SSSR count). The molecule has 3 heterocycles. The smallest absolute Gasteiger partial charge is 0.399 e. The zero-order valence-electron chi connectivity index (χ0n) is 12.5. The molecule has 0 spiro atoms. The van der Waals surface area contributed by atoms with Gasteiger partial charge < -0.3 is 14.0 Å². The Morgan fingerprint density at radius 1 is 1.20 bits per heavy atom. The van der Waals surface area contributed by atoms with Crippen LogP contribution >= 0.6 is 0 Å². The first-order valence-electron chi connectivity index (χ1n) is 7.15. The van der Waals surface area contributed by atoms with E-state index in [2.05, 4.69) is 10.2 Å². The molecule has 20 heavy (non-hydrogen) atoms. The molecule has 1 unspecified atom stereocenters. The van der Waals surface area contributed by atoms with Crippen molar-refractivity contribution in [3.8, 4) is 0 Å². The first kappa shape index (κ1) is 14.0. The lowest BCUT2D eigenvalue weighted by Gasteiger charge is -2.32. The molecule has 1 aromatic heterocycles. The summed E-state index contributed by atoms with van der Waals surface area (Å²) in [6.07, 6.45) is 2.73. The van der Waals surface area contributed by atoms with Gasteiger partial charge in [0.1, 0.15) is 0 Å². The SMILES string of the molecule is CC1(C)OB(c2cnnc(C3CCOC3)c2)OC1(C)C. The van der Waals surface area contributed by atoms with E-state index in [9.17, 15) is 0 Å². The third-order valence-corrected chi connectivity index (χ3v) is 4.57. The van der Waals surface area contributed by atoms with Gasteiger partial charge in [-0.25, -0.2) is 0 Å². The lowest BCUT2D eigenvalue weighted by atomic mass is 9.79. The molecule has 2 aliphatic heterocycles. The molecule has 1 aromatic rings. The fourth-order valence-corrected chi connectivity index (χ4v) is 2.47. The van der Waals surface area contributed by atoms with Gasteiger partial charge in [-0.2, -0.15) is 10.2 Å². The molecule has 2 aliphatic rings. The van der Waals surface area contributed by atoms with E-state index in [1.807, 2.05) is 33.8 Å². The molecule has 0 saturated carbocycles. The highest BCUT2D eigenvalue weighted by atomic mass is 16.7. The second-order valence-electron chi connectivity index (χ2n) is 6.56. The minimum atomic E-state index is -0.378. The summed E-state index contributed by atoms with van der Waals surface area (Å²) >= 11 is 0. The monoisotopic (exact) mass is 276 g/mol. The summed E-state index contributed by atoms with van der Waals surface area (Å²) < 4.78 is 17.5. The first-order chi connectivity index (χ1) is 9.39. The van der Waals surface area contributed by atoms with Gasteiger partial charge in [-0.3, -0.25) is 0 Å². The van der Waals surface area contributed by atoms with E-state index in [0.29, 0.717) is 5.92 Å². The van der Waals surface area contributed by atoms with E-state index in [-0.39, 0.29) is 18.3 Å². The number of aromatic nitrogens is 2. The Morgan fingerprint density at radius 2 is 1.90 bits per heavy atom. The Bertz CT molecular complexity index is 485. The quantitative estimate of drug-likeness (QED) is 0.762. The molecular weight excluding hydrogens is 255 g/mol. The molecule has 108 valence electrons. The van der Waals surface area contributed by atoms with Gasteiger partial charge in [-0.15, -0.1) is 0 Å². The van der Waals surface area contributed by atoms with Gasteiger partial charge in [0.05, 0.1) is 23.5 Å². The maximum Gasteiger partial charge on any atom is 0.496 e. The van der Waals surface area contributed by atoms with Crippen molar-refractivity contribution < 1.29 is 14.0 Å². The van der Waals surface area contributed by atoms with Gasteiger partial charge in [-0.05, 0) is 40.2 Å². The maximum atomic E-state index is 6.05. The highest BCUT2D eigenvalue weighted by molar-refractivity contribution is 6.62. The average molecular weight is 276 g/mol. The van der Waals surface area contributed by atoms with E-state index in [0.717, 1.165) is 30.8 Å². The van der Waals surface area contributed by atoms with Crippen LogP contribution in [-0.4, -0.2) is 41.7 Å². The summed E-state index contributed by atoms with van der Waals surface area (Å²) in [6.45, 7) is 9.72. The van der Waals surface area contributed by atoms with Crippen LogP contribution in [0.2, 0.25) is 0 Å². The van der Waals surface area contributed by atoms with Gasteiger partial charge in [0.25, 0.3) is 0 Å². The third kappa shape index (κ3) is 2.36. The van der Waals surface area contributed by atoms with Crippen LogP contribution in [0.4, 0.5) is 0 Å². The first-order valence-corrected chi connectivity index (χ1v) is 7.15. The Hall–Kier alpha value is -0.975. The summed E-state index contributed by atoms with van der Waals surface area (Å²) in [5.41, 5.74) is 1.23. The van der Waals surface area contributed by atoms with Crippen LogP contribution in [-0.2, 0) is 14.0 Å². The van der Waals surface area contributed by atoms with Gasteiger partial charge in [0.15, 0.2) is 0 Å². The molecule has 2 fully saturated rings. The molecule has 1 atom stereocenters. The molecule has 5 nitrogen and oxygen atoms in total. The van der Waals surface area contributed by atoms with Crippen molar-refractivity contribution in [3.05, 3.63) is 18.0 Å². The molecule has 0 amide bonds. The van der Waals surface area contributed by atoms with Crippen molar-refractivity contribution in [1.29, 1.82) is 0 Å². The predicted molar refractivity (Wildman–Crippen MR) is 75.9 cm³/mol. The molecule has 6 heteroatoms. The van der Waals surface area contributed by atoms with Crippen LogP contribution in [0.1, 0.15) is 45.7 Å². The lowest BCUT2D eigenvalue weighted by molar-refractivity contribution is 0.00578. The second-order valence-corrected chi connectivity index (χ2v) is 6.56. The Kier molecular flexibility index (Phi) is 3.35. The molecule has 0 aromatic carbocycles. The zero-order valence-corrected chi connectivity index (χ0v) is 12.5. The highest BCUT2D eigenvalue weighted by Crippen LogP contribution is 2.36. The summed E-state index contributed by atoms with van der Waals surface area (Å²) in [4.78, 5) is 0. The van der Waals surface area contributed by atoms with E-state index in [1.165, 1.54) is 0 Å². The summed E-state index contributed by atoms with van der Waals surface area (Å²) in [7, 11) is -0.378. The van der Waals surface area contributed by atoms with Crippen LogP contribution in [0.5, 0.6) is 0 Å². The van der Waals surface area contributed by atoms with Crippen molar-refractivity contribution in [2.45, 2.75) is 51.2 Å². The van der Waals surface area contributed by atoms with Gasteiger partial charge in [-0.1, -0.05) is 0 Å². The molecule has 0 radical (unpaired) electrons. The minimum absolute atomic E-state index is 0.336. The van der Waals surface area contributed by atoms with Crippen LogP contribution in [0.3, 0.4) is 0 Å². The van der Waals surface area contributed by atoms with E-state index in [1.54, 1.807) is 6.20 Å². The number of hydrogen-bond acceptors (Lipinski definition) is 5. The zero-order chi connectivity index (χ0) is 14.4. The van der Waals surface area contributed by atoms with Crippen molar-refractivity contribution >= 4 is 12.6 Å². The molecular formula is C14H21BN2O3. The lowest BCUT2D eigenvalue weighted by Crippen LogP contribution is -2.41. The van der Waals surface area contributed by atoms with Crippen molar-refractivity contribution in [2.75, 3.05) is 13.2 Å². The fraction of sp³-hybridized carbons (Fsp3) is 0.714. The standard InChI is InChI=1S/C14H21BN2O3/c1-13(2)14(3,4)20-15(19-13)11-7-12(17-16-8-11)10-5-6-18-9-10/h7-8,10H,5-6,9H2,1-4H3. The molecule has 2 saturated heterocycles. The number of rotatable bonds is 2. The third-order valence-electron chi connectivity index (χ3n) is 4.57. The van der Waals surface area contributed by atoms with E-state index >= 15 is 0 Å². The fourth-order valence-electron chi connectivity index (χ4n) is 2.47. The maximum absolute atomic E-state index is 6.05. The average Bonchev–Trinajstić information content (AvgIpc) is 2.97. The number of hydrogen-bond donors (Lipinski definition) is 0. The molecule has 0 bridgehead atoms. The van der Waals surface area contributed by atoms with Gasteiger partial charge >= 0.3 is 7.12 Å². The minimum Gasteiger partial charge on any atom is -0.399 e. The molecule has 0 aliphatic carbocycles. The topological polar surface area (TPSA) is 53.5 Å². The normalized spacial score (nSPS) is 28.0. The molecule has 0 N–H and O–H groups in total. The highest BCUT2D eigenvalue weighted by Gasteiger charge is 2.51. The van der Waals surface area contributed by atoms with Crippen LogP contribution < -0.4 is 5.46 Å². The largest absolute Gasteiger partial charge is 0.496 e. The van der Waals surface area contributed by atoms with Crippen LogP contribution in [0, 0.1) is 0 Å². The van der Waals surface area contributed by atoms with Crippen LogP contribution in [0.15, 0.2) is 12.3 Å². The summed E-state index contributed by atoms with van der Waals surface area (Å²) in [5.74, 6) is 0.338. The van der Waals surface area contributed by atoms with E-state index < -0.39 is 0 Å². The van der Waals surface area contributed by atoms with Crippen LogP contribution in [0.25, 0.3) is 0 Å². The number of ether oxygens (including phenoxy) is 1. The Morgan fingerprint density at radius 3 is 2.50 bits per heavy atom. The van der Waals surface area contributed by atoms with Gasteiger partial charge in [0, 0.05) is 24.2 Å².